The molecular formula is C19H24FN3O2. The van der Waals surface area contributed by atoms with Crippen LogP contribution in [0.15, 0.2) is 42.5 Å². The molecule has 3 N–H and O–H groups in total. The highest BCUT2D eigenvalue weighted by Crippen LogP contribution is 2.23. The second-order valence-electron chi connectivity index (χ2n) is 5.62. The van der Waals surface area contributed by atoms with E-state index in [1.54, 1.807) is 43.4 Å². The summed E-state index contributed by atoms with van der Waals surface area (Å²) in [6.07, 6.45) is 0.922. The topological polar surface area (TPSA) is 67.6 Å². The molecule has 0 saturated heterocycles. The zero-order chi connectivity index (χ0) is 18.2. The van der Waals surface area contributed by atoms with Crippen molar-refractivity contribution >= 4 is 17.3 Å². The van der Waals surface area contributed by atoms with Crippen LogP contribution in [-0.2, 0) is 0 Å². The molecule has 25 heavy (non-hydrogen) atoms. The van der Waals surface area contributed by atoms with Crippen molar-refractivity contribution < 1.29 is 13.9 Å². The SMILES string of the molecule is CCCOc1ccc(C(=O)N(C)c2ccc(NCCN)c(F)c2)cc1. The van der Waals surface area contributed by atoms with Crippen LogP contribution >= 0.6 is 0 Å². The molecule has 0 bridgehead atoms. The van der Waals surface area contributed by atoms with Gasteiger partial charge in [-0.15, -0.1) is 0 Å². The average Bonchev–Trinajstić information content (AvgIpc) is 2.64. The molecule has 0 atom stereocenters. The number of carbonyl (C=O) groups excluding carboxylic acids is 1. The highest BCUT2D eigenvalue weighted by atomic mass is 19.1. The second kappa shape index (κ2) is 9.03. The minimum absolute atomic E-state index is 0.218. The Morgan fingerprint density at radius 3 is 2.56 bits per heavy atom. The first-order valence-electron chi connectivity index (χ1n) is 8.31. The average molecular weight is 345 g/mol. The van der Waals surface area contributed by atoms with Gasteiger partial charge >= 0.3 is 0 Å². The Labute approximate surface area is 147 Å². The molecule has 0 saturated carbocycles. The van der Waals surface area contributed by atoms with E-state index in [9.17, 15) is 9.18 Å². The number of benzene rings is 2. The van der Waals surface area contributed by atoms with Crippen molar-refractivity contribution in [3.05, 3.63) is 53.8 Å². The number of hydrogen-bond donors (Lipinski definition) is 2. The highest BCUT2D eigenvalue weighted by molar-refractivity contribution is 6.05. The summed E-state index contributed by atoms with van der Waals surface area (Å²) in [6.45, 7) is 3.56. The van der Waals surface area contributed by atoms with Gasteiger partial charge in [-0.25, -0.2) is 4.39 Å². The number of anilines is 2. The third-order valence-corrected chi connectivity index (χ3v) is 3.68. The number of nitrogens with two attached hydrogens (primary N) is 1. The number of halogens is 1. The molecule has 0 aliphatic heterocycles. The molecule has 134 valence electrons. The molecule has 2 aromatic rings. The van der Waals surface area contributed by atoms with Gasteiger partial charge in [0, 0.05) is 31.4 Å². The molecule has 0 fully saturated rings. The van der Waals surface area contributed by atoms with Gasteiger partial charge in [0.05, 0.1) is 12.3 Å². The molecule has 0 unspecified atom stereocenters. The smallest absolute Gasteiger partial charge is 0.258 e. The predicted octanol–water partition coefficient (Wildman–Crippen LogP) is 3.26. The number of amides is 1. The summed E-state index contributed by atoms with van der Waals surface area (Å²) in [7, 11) is 1.62. The van der Waals surface area contributed by atoms with E-state index in [2.05, 4.69) is 5.32 Å². The molecule has 0 spiro atoms. The molecule has 0 aliphatic rings. The number of carbonyl (C=O) groups is 1. The Balaban J connectivity index is 2.09. The summed E-state index contributed by atoms with van der Waals surface area (Å²) in [5.41, 5.74) is 6.76. The largest absolute Gasteiger partial charge is 0.494 e. The van der Waals surface area contributed by atoms with Gasteiger partial charge in [-0.1, -0.05) is 6.92 Å². The maximum Gasteiger partial charge on any atom is 0.258 e. The first kappa shape index (κ1) is 18.7. The quantitative estimate of drug-likeness (QED) is 0.771. The number of rotatable bonds is 8. The van der Waals surface area contributed by atoms with Gasteiger partial charge in [-0.05, 0) is 48.9 Å². The molecule has 0 aromatic heterocycles. The van der Waals surface area contributed by atoms with Crippen molar-refractivity contribution in [3.8, 4) is 5.75 Å². The van der Waals surface area contributed by atoms with Gasteiger partial charge in [-0.2, -0.15) is 0 Å². The summed E-state index contributed by atoms with van der Waals surface area (Å²) >= 11 is 0. The summed E-state index contributed by atoms with van der Waals surface area (Å²) in [6, 6.07) is 11.6. The summed E-state index contributed by atoms with van der Waals surface area (Å²) < 4.78 is 19.6. The Morgan fingerprint density at radius 2 is 1.96 bits per heavy atom. The van der Waals surface area contributed by atoms with Crippen LogP contribution in [0, 0.1) is 5.82 Å². The predicted molar refractivity (Wildman–Crippen MR) is 98.9 cm³/mol. The summed E-state index contributed by atoms with van der Waals surface area (Å²) in [5, 5.41) is 2.90. The summed E-state index contributed by atoms with van der Waals surface area (Å²) in [5.74, 6) is 0.0838. The van der Waals surface area contributed by atoms with Crippen molar-refractivity contribution in [3.63, 3.8) is 0 Å². The Kier molecular flexibility index (Phi) is 6.77. The molecule has 0 heterocycles. The lowest BCUT2D eigenvalue weighted by Gasteiger charge is -2.18. The lowest BCUT2D eigenvalue weighted by molar-refractivity contribution is 0.0993. The zero-order valence-corrected chi connectivity index (χ0v) is 14.6. The van der Waals surface area contributed by atoms with Crippen LogP contribution in [-0.4, -0.2) is 32.7 Å². The van der Waals surface area contributed by atoms with Crippen molar-refractivity contribution in [2.75, 3.05) is 37.0 Å². The number of hydrogen-bond acceptors (Lipinski definition) is 4. The number of nitrogens with zero attached hydrogens (tertiary/aromatic N) is 1. The minimum Gasteiger partial charge on any atom is -0.494 e. The van der Waals surface area contributed by atoms with Crippen molar-refractivity contribution in [1.29, 1.82) is 0 Å². The van der Waals surface area contributed by atoms with Gasteiger partial charge in [0.25, 0.3) is 5.91 Å². The van der Waals surface area contributed by atoms with Crippen LogP contribution in [0.5, 0.6) is 5.75 Å². The molecule has 0 aliphatic carbocycles. The Morgan fingerprint density at radius 1 is 1.24 bits per heavy atom. The molecule has 2 aromatic carbocycles. The first-order chi connectivity index (χ1) is 12.1. The van der Waals surface area contributed by atoms with E-state index in [0.29, 0.717) is 36.6 Å². The fourth-order valence-electron chi connectivity index (χ4n) is 2.29. The number of ether oxygens (including phenoxy) is 1. The molecule has 6 heteroatoms. The highest BCUT2D eigenvalue weighted by Gasteiger charge is 2.15. The van der Waals surface area contributed by atoms with E-state index in [-0.39, 0.29) is 5.91 Å². The molecule has 5 nitrogen and oxygen atoms in total. The van der Waals surface area contributed by atoms with Crippen molar-refractivity contribution in [2.45, 2.75) is 13.3 Å². The summed E-state index contributed by atoms with van der Waals surface area (Å²) in [4.78, 5) is 14.0. The van der Waals surface area contributed by atoms with E-state index in [4.69, 9.17) is 10.5 Å². The van der Waals surface area contributed by atoms with E-state index in [0.717, 1.165) is 12.2 Å². The molecule has 0 radical (unpaired) electrons. The molecule has 1 amide bonds. The van der Waals surface area contributed by atoms with Gasteiger partial charge in [-0.3, -0.25) is 4.79 Å². The second-order valence-corrected chi connectivity index (χ2v) is 5.62. The Bertz CT molecular complexity index is 704. The van der Waals surface area contributed by atoms with Crippen LogP contribution in [0.25, 0.3) is 0 Å². The lowest BCUT2D eigenvalue weighted by atomic mass is 10.1. The van der Waals surface area contributed by atoms with Crippen LogP contribution < -0.4 is 20.7 Å². The molecular weight excluding hydrogens is 321 g/mol. The van der Waals surface area contributed by atoms with Crippen LogP contribution in [0.4, 0.5) is 15.8 Å². The van der Waals surface area contributed by atoms with Crippen molar-refractivity contribution in [1.82, 2.24) is 0 Å². The first-order valence-corrected chi connectivity index (χ1v) is 8.31. The fraction of sp³-hybridized carbons (Fsp3) is 0.316. The third-order valence-electron chi connectivity index (χ3n) is 3.68. The minimum atomic E-state index is -0.422. The van der Waals surface area contributed by atoms with Crippen LogP contribution in [0.2, 0.25) is 0 Å². The number of nitrogens with one attached hydrogen (secondary N) is 1. The third kappa shape index (κ3) is 4.93. The van der Waals surface area contributed by atoms with Gasteiger partial charge in [0.15, 0.2) is 0 Å². The van der Waals surface area contributed by atoms with Crippen LogP contribution in [0.1, 0.15) is 23.7 Å². The molecule has 2 rings (SSSR count). The van der Waals surface area contributed by atoms with Gasteiger partial charge in [0.2, 0.25) is 0 Å². The normalized spacial score (nSPS) is 10.4. The Hall–Kier alpha value is -2.60. The lowest BCUT2D eigenvalue weighted by Crippen LogP contribution is -2.26. The monoisotopic (exact) mass is 345 g/mol. The maximum atomic E-state index is 14.1. The standard InChI is InChI=1S/C19H24FN3O2/c1-3-12-25-16-7-4-14(5-8-16)19(24)23(2)15-6-9-18(17(20)13-15)22-11-10-21/h4-9,13,22H,3,10-12,21H2,1-2H3. The van der Waals surface area contributed by atoms with E-state index in [1.165, 1.54) is 11.0 Å². The fourth-order valence-corrected chi connectivity index (χ4v) is 2.29. The van der Waals surface area contributed by atoms with Gasteiger partial charge < -0.3 is 20.7 Å². The van der Waals surface area contributed by atoms with Gasteiger partial charge in [0.1, 0.15) is 11.6 Å². The van der Waals surface area contributed by atoms with Crippen molar-refractivity contribution in [2.24, 2.45) is 5.73 Å². The van der Waals surface area contributed by atoms with Crippen LogP contribution in [0.3, 0.4) is 0 Å². The maximum absolute atomic E-state index is 14.1. The van der Waals surface area contributed by atoms with E-state index in [1.807, 2.05) is 6.92 Å². The van der Waals surface area contributed by atoms with E-state index >= 15 is 0 Å². The van der Waals surface area contributed by atoms with E-state index < -0.39 is 5.82 Å². The zero-order valence-electron chi connectivity index (χ0n) is 14.6.